The molecular formula is C26H27BrN2O3. The minimum atomic E-state index is -0.320. The molecule has 0 saturated heterocycles. The maximum Gasteiger partial charge on any atom is 0.277 e. The van der Waals surface area contributed by atoms with Crippen LogP contribution in [-0.2, 0) is 11.4 Å². The van der Waals surface area contributed by atoms with Gasteiger partial charge in [-0.05, 0) is 71.5 Å². The molecule has 0 aliphatic rings. The molecule has 0 atom stereocenters. The largest absolute Gasteiger partial charge is 0.489 e. The van der Waals surface area contributed by atoms with Crippen LogP contribution in [0.3, 0.4) is 0 Å². The minimum absolute atomic E-state index is 0.107. The zero-order valence-electron chi connectivity index (χ0n) is 18.5. The van der Waals surface area contributed by atoms with Crippen molar-refractivity contribution < 1.29 is 14.3 Å². The third kappa shape index (κ3) is 6.95. The summed E-state index contributed by atoms with van der Waals surface area (Å²) in [6.07, 6.45) is 1.59. The number of hydrogen-bond acceptors (Lipinski definition) is 4. The van der Waals surface area contributed by atoms with Gasteiger partial charge in [0, 0.05) is 4.47 Å². The first-order valence-corrected chi connectivity index (χ1v) is 11.2. The van der Waals surface area contributed by atoms with Crippen molar-refractivity contribution >= 4 is 28.1 Å². The molecule has 0 aliphatic heterocycles. The van der Waals surface area contributed by atoms with Crippen LogP contribution in [-0.4, -0.2) is 18.7 Å². The molecule has 166 valence electrons. The lowest BCUT2D eigenvalue weighted by atomic mass is 10.0. The summed E-state index contributed by atoms with van der Waals surface area (Å²) in [6.45, 7) is 6.58. The van der Waals surface area contributed by atoms with Crippen LogP contribution in [0.4, 0.5) is 0 Å². The molecule has 3 rings (SSSR count). The molecular weight excluding hydrogens is 468 g/mol. The molecule has 0 heterocycles. The summed E-state index contributed by atoms with van der Waals surface area (Å²) in [5.74, 6) is 1.45. The highest BCUT2D eigenvalue weighted by molar-refractivity contribution is 9.10. The second kappa shape index (κ2) is 11.5. The van der Waals surface area contributed by atoms with Gasteiger partial charge in [0.25, 0.3) is 5.91 Å². The van der Waals surface area contributed by atoms with Crippen LogP contribution in [0.2, 0.25) is 0 Å². The Balaban J connectivity index is 1.48. The lowest BCUT2D eigenvalue weighted by Crippen LogP contribution is -2.25. The Morgan fingerprint density at radius 1 is 1.06 bits per heavy atom. The molecule has 5 nitrogen and oxygen atoms in total. The SMILES string of the molecule is Cc1cc(OCC(=O)N/N=C/c2ccc(OCc3ccccc3)cc2)c(C(C)C)cc1Br. The minimum Gasteiger partial charge on any atom is -0.489 e. The summed E-state index contributed by atoms with van der Waals surface area (Å²) in [7, 11) is 0. The van der Waals surface area contributed by atoms with Crippen molar-refractivity contribution in [3.63, 3.8) is 0 Å². The van der Waals surface area contributed by atoms with E-state index in [1.165, 1.54) is 0 Å². The normalized spacial score (nSPS) is 11.0. The first-order valence-electron chi connectivity index (χ1n) is 10.4. The fourth-order valence-corrected chi connectivity index (χ4v) is 3.35. The molecule has 0 aromatic heterocycles. The quantitative estimate of drug-likeness (QED) is 0.293. The number of nitrogens with zero attached hydrogens (tertiary/aromatic N) is 1. The molecule has 0 radical (unpaired) electrons. The van der Waals surface area contributed by atoms with Crippen molar-refractivity contribution in [2.24, 2.45) is 5.10 Å². The highest BCUT2D eigenvalue weighted by Crippen LogP contribution is 2.32. The van der Waals surface area contributed by atoms with E-state index in [0.717, 1.165) is 32.5 Å². The van der Waals surface area contributed by atoms with Gasteiger partial charge < -0.3 is 9.47 Å². The fraction of sp³-hybridized carbons (Fsp3) is 0.231. The molecule has 6 heteroatoms. The number of hydrogen-bond donors (Lipinski definition) is 1. The average molecular weight is 495 g/mol. The third-order valence-electron chi connectivity index (χ3n) is 4.80. The van der Waals surface area contributed by atoms with Crippen molar-refractivity contribution in [3.8, 4) is 11.5 Å². The van der Waals surface area contributed by atoms with Crippen molar-refractivity contribution in [1.82, 2.24) is 5.43 Å². The van der Waals surface area contributed by atoms with Crippen LogP contribution in [0, 0.1) is 6.92 Å². The van der Waals surface area contributed by atoms with Crippen LogP contribution in [0.15, 0.2) is 76.3 Å². The van der Waals surface area contributed by atoms with Crippen LogP contribution < -0.4 is 14.9 Å². The summed E-state index contributed by atoms with van der Waals surface area (Å²) in [6, 6.07) is 21.5. The number of nitrogens with one attached hydrogen (secondary N) is 1. The van der Waals surface area contributed by atoms with Gasteiger partial charge in [0.05, 0.1) is 6.21 Å². The van der Waals surface area contributed by atoms with E-state index >= 15 is 0 Å². The van der Waals surface area contributed by atoms with E-state index in [-0.39, 0.29) is 18.4 Å². The molecule has 0 unspecified atom stereocenters. The number of benzene rings is 3. The Kier molecular flexibility index (Phi) is 8.45. The highest BCUT2D eigenvalue weighted by Gasteiger charge is 2.12. The van der Waals surface area contributed by atoms with E-state index in [1.807, 2.05) is 73.7 Å². The van der Waals surface area contributed by atoms with Gasteiger partial charge in [0.15, 0.2) is 6.61 Å². The van der Waals surface area contributed by atoms with Crippen molar-refractivity contribution in [3.05, 3.63) is 93.5 Å². The second-order valence-electron chi connectivity index (χ2n) is 7.72. The van der Waals surface area contributed by atoms with Gasteiger partial charge in [0.2, 0.25) is 0 Å². The molecule has 32 heavy (non-hydrogen) atoms. The Morgan fingerprint density at radius 2 is 1.78 bits per heavy atom. The van der Waals surface area contributed by atoms with E-state index in [9.17, 15) is 4.79 Å². The molecule has 3 aromatic carbocycles. The molecule has 0 fully saturated rings. The van der Waals surface area contributed by atoms with Crippen molar-refractivity contribution in [2.45, 2.75) is 33.3 Å². The maximum atomic E-state index is 12.1. The molecule has 3 aromatic rings. The van der Waals surface area contributed by atoms with Gasteiger partial charge in [-0.2, -0.15) is 5.10 Å². The molecule has 0 aliphatic carbocycles. The number of carbonyl (C=O) groups excluding carboxylic acids is 1. The number of amides is 1. The first-order chi connectivity index (χ1) is 15.4. The van der Waals surface area contributed by atoms with Crippen molar-refractivity contribution in [1.29, 1.82) is 0 Å². The van der Waals surface area contributed by atoms with Crippen molar-refractivity contribution in [2.75, 3.05) is 6.61 Å². The zero-order chi connectivity index (χ0) is 22.9. The smallest absolute Gasteiger partial charge is 0.277 e. The lowest BCUT2D eigenvalue weighted by molar-refractivity contribution is -0.123. The Morgan fingerprint density at radius 3 is 2.47 bits per heavy atom. The number of rotatable bonds is 9. The highest BCUT2D eigenvalue weighted by atomic mass is 79.9. The standard InChI is InChI=1S/C26H27BrN2O3/c1-18(2)23-14-24(27)19(3)13-25(23)32-17-26(30)29-28-15-20-9-11-22(12-10-20)31-16-21-7-5-4-6-8-21/h4-15,18H,16-17H2,1-3H3,(H,29,30)/b28-15+. The first kappa shape index (κ1) is 23.5. The molecule has 0 saturated carbocycles. The van der Waals surface area contributed by atoms with Gasteiger partial charge in [-0.25, -0.2) is 5.43 Å². The van der Waals surface area contributed by atoms with Crippen LogP contribution in [0.1, 0.15) is 42.0 Å². The maximum absolute atomic E-state index is 12.1. The predicted molar refractivity (Wildman–Crippen MR) is 131 cm³/mol. The van der Waals surface area contributed by atoms with E-state index in [4.69, 9.17) is 9.47 Å². The van der Waals surface area contributed by atoms with Crippen LogP contribution in [0.25, 0.3) is 0 Å². The van der Waals surface area contributed by atoms with Gasteiger partial charge in [0.1, 0.15) is 18.1 Å². The fourth-order valence-electron chi connectivity index (χ4n) is 2.99. The van der Waals surface area contributed by atoms with Crippen LogP contribution in [0.5, 0.6) is 11.5 Å². The number of halogens is 1. The summed E-state index contributed by atoms with van der Waals surface area (Å²) < 4.78 is 12.6. The molecule has 0 bridgehead atoms. The number of hydrazone groups is 1. The lowest BCUT2D eigenvalue weighted by Gasteiger charge is -2.15. The molecule has 0 spiro atoms. The summed E-state index contributed by atoms with van der Waals surface area (Å²) >= 11 is 3.55. The summed E-state index contributed by atoms with van der Waals surface area (Å²) in [5.41, 5.74) is 6.57. The number of ether oxygens (including phenoxy) is 2. The average Bonchev–Trinajstić information content (AvgIpc) is 2.79. The Bertz CT molecular complexity index is 1060. The molecule has 1 N–H and O–H groups in total. The van der Waals surface area contributed by atoms with Gasteiger partial charge in [-0.1, -0.05) is 60.1 Å². The second-order valence-corrected chi connectivity index (χ2v) is 8.57. The van der Waals surface area contributed by atoms with E-state index in [2.05, 4.69) is 40.3 Å². The van der Waals surface area contributed by atoms with E-state index < -0.39 is 0 Å². The number of carbonyl (C=O) groups is 1. The topological polar surface area (TPSA) is 59.9 Å². The van der Waals surface area contributed by atoms with Gasteiger partial charge in [-0.15, -0.1) is 0 Å². The van der Waals surface area contributed by atoms with Gasteiger partial charge >= 0.3 is 0 Å². The predicted octanol–water partition coefficient (Wildman–Crippen LogP) is 5.99. The Labute approximate surface area is 197 Å². The summed E-state index contributed by atoms with van der Waals surface area (Å²) in [5, 5.41) is 4.01. The summed E-state index contributed by atoms with van der Waals surface area (Å²) in [4.78, 5) is 12.1. The Hall–Kier alpha value is -3.12. The third-order valence-corrected chi connectivity index (χ3v) is 5.66. The van der Waals surface area contributed by atoms with Crippen LogP contribution >= 0.6 is 15.9 Å². The zero-order valence-corrected chi connectivity index (χ0v) is 20.1. The number of aryl methyl sites for hydroxylation is 1. The monoisotopic (exact) mass is 494 g/mol. The van der Waals surface area contributed by atoms with E-state index in [0.29, 0.717) is 12.4 Å². The van der Waals surface area contributed by atoms with E-state index in [1.54, 1.807) is 6.21 Å². The van der Waals surface area contributed by atoms with Gasteiger partial charge in [-0.3, -0.25) is 4.79 Å². The molecule has 1 amide bonds.